The molecule has 0 unspecified atom stereocenters. The lowest BCUT2D eigenvalue weighted by Crippen LogP contribution is -2.33. The third-order valence-electron chi connectivity index (χ3n) is 4.59. The first-order valence-electron chi connectivity index (χ1n) is 8.13. The maximum Gasteiger partial charge on any atom is 0.230 e. The third-order valence-corrected chi connectivity index (χ3v) is 4.59. The van der Waals surface area contributed by atoms with Gasteiger partial charge in [-0.05, 0) is 46.1 Å². The number of rotatable bonds is 5. The SMILES string of the molecule is Cc1nc(C)n(C[C@@H]2CCCN2Cc2nnc(C3CC3)o2)n1. The zero-order valence-corrected chi connectivity index (χ0v) is 13.2. The molecule has 0 radical (unpaired) electrons. The van der Waals surface area contributed by atoms with Crippen LogP contribution >= 0.6 is 0 Å². The van der Waals surface area contributed by atoms with Crippen molar-refractivity contribution in [3.8, 4) is 0 Å². The van der Waals surface area contributed by atoms with Gasteiger partial charge < -0.3 is 4.42 Å². The van der Waals surface area contributed by atoms with Crippen LogP contribution in [0.2, 0.25) is 0 Å². The summed E-state index contributed by atoms with van der Waals surface area (Å²) in [5.74, 6) is 3.93. The van der Waals surface area contributed by atoms with Gasteiger partial charge in [0.25, 0.3) is 0 Å². The van der Waals surface area contributed by atoms with Crippen molar-refractivity contribution in [1.29, 1.82) is 0 Å². The molecule has 2 aliphatic rings. The summed E-state index contributed by atoms with van der Waals surface area (Å²) >= 11 is 0. The van der Waals surface area contributed by atoms with Crippen molar-refractivity contribution in [2.24, 2.45) is 0 Å². The molecule has 3 heterocycles. The molecule has 0 aromatic carbocycles. The molecule has 1 saturated carbocycles. The second-order valence-electron chi connectivity index (χ2n) is 6.46. The van der Waals surface area contributed by atoms with Crippen LogP contribution in [-0.4, -0.2) is 42.4 Å². The van der Waals surface area contributed by atoms with Gasteiger partial charge in [0, 0.05) is 12.0 Å². The van der Waals surface area contributed by atoms with Gasteiger partial charge in [0.1, 0.15) is 11.6 Å². The van der Waals surface area contributed by atoms with Crippen molar-refractivity contribution in [3.63, 3.8) is 0 Å². The Labute approximate surface area is 129 Å². The molecular weight excluding hydrogens is 280 g/mol. The fourth-order valence-electron chi connectivity index (χ4n) is 3.24. The smallest absolute Gasteiger partial charge is 0.230 e. The molecule has 1 saturated heterocycles. The highest BCUT2D eigenvalue weighted by molar-refractivity contribution is 5.00. The minimum absolute atomic E-state index is 0.469. The van der Waals surface area contributed by atoms with E-state index in [1.807, 2.05) is 18.5 Å². The standard InChI is InChI=1S/C15H22N6O/c1-10-16-11(2)21(19-10)8-13-4-3-7-20(13)9-14-17-18-15(22-14)12-5-6-12/h12-13H,3-9H2,1-2H3/t13-/m0/s1. The lowest BCUT2D eigenvalue weighted by Gasteiger charge is -2.22. The van der Waals surface area contributed by atoms with Gasteiger partial charge in [-0.3, -0.25) is 4.90 Å². The second kappa shape index (κ2) is 5.46. The van der Waals surface area contributed by atoms with E-state index in [9.17, 15) is 0 Å². The average molecular weight is 302 g/mol. The van der Waals surface area contributed by atoms with E-state index in [0.29, 0.717) is 12.0 Å². The van der Waals surface area contributed by atoms with Gasteiger partial charge in [0.15, 0.2) is 0 Å². The molecule has 1 aliphatic heterocycles. The molecule has 2 aromatic heterocycles. The predicted molar refractivity (Wildman–Crippen MR) is 79.2 cm³/mol. The van der Waals surface area contributed by atoms with E-state index < -0.39 is 0 Å². The van der Waals surface area contributed by atoms with Gasteiger partial charge in [-0.1, -0.05) is 0 Å². The van der Waals surface area contributed by atoms with Crippen LogP contribution in [0.3, 0.4) is 0 Å². The molecule has 2 fully saturated rings. The Morgan fingerprint density at radius 1 is 1.18 bits per heavy atom. The average Bonchev–Trinajstić information content (AvgIpc) is 2.93. The third kappa shape index (κ3) is 2.77. The summed E-state index contributed by atoms with van der Waals surface area (Å²) in [6.07, 6.45) is 4.78. The number of aryl methyl sites for hydroxylation is 2. The first-order chi connectivity index (χ1) is 10.7. The largest absolute Gasteiger partial charge is 0.424 e. The molecule has 7 heteroatoms. The highest BCUT2D eigenvalue weighted by Crippen LogP contribution is 2.39. The first kappa shape index (κ1) is 13.9. The van der Waals surface area contributed by atoms with E-state index in [4.69, 9.17) is 4.42 Å². The van der Waals surface area contributed by atoms with Gasteiger partial charge in [0.2, 0.25) is 11.8 Å². The van der Waals surface area contributed by atoms with Crippen molar-refractivity contribution >= 4 is 0 Å². The van der Waals surface area contributed by atoms with Crippen LogP contribution in [0.25, 0.3) is 0 Å². The van der Waals surface area contributed by atoms with Gasteiger partial charge in [-0.15, -0.1) is 10.2 Å². The molecule has 0 amide bonds. The Hall–Kier alpha value is -1.76. The van der Waals surface area contributed by atoms with Gasteiger partial charge in [-0.25, -0.2) is 9.67 Å². The molecule has 0 N–H and O–H groups in total. The van der Waals surface area contributed by atoms with Crippen LogP contribution in [0, 0.1) is 13.8 Å². The summed E-state index contributed by atoms with van der Waals surface area (Å²) in [6.45, 7) is 6.67. The molecule has 0 spiro atoms. The molecule has 1 aliphatic carbocycles. The van der Waals surface area contributed by atoms with E-state index in [0.717, 1.165) is 43.1 Å². The highest BCUT2D eigenvalue weighted by atomic mass is 16.4. The summed E-state index contributed by atoms with van der Waals surface area (Å²) < 4.78 is 7.81. The van der Waals surface area contributed by atoms with E-state index in [1.165, 1.54) is 25.7 Å². The highest BCUT2D eigenvalue weighted by Gasteiger charge is 2.31. The Kier molecular flexibility index (Phi) is 3.44. The van der Waals surface area contributed by atoms with Crippen molar-refractivity contribution in [2.75, 3.05) is 6.54 Å². The molecule has 2 aromatic rings. The first-order valence-corrected chi connectivity index (χ1v) is 8.13. The van der Waals surface area contributed by atoms with Crippen LogP contribution in [0.5, 0.6) is 0 Å². The van der Waals surface area contributed by atoms with Crippen molar-refractivity contribution in [1.82, 2.24) is 29.9 Å². The summed E-state index contributed by atoms with van der Waals surface area (Å²) in [6, 6.07) is 0.469. The molecule has 22 heavy (non-hydrogen) atoms. The number of hydrogen-bond acceptors (Lipinski definition) is 6. The fourth-order valence-corrected chi connectivity index (χ4v) is 3.24. The van der Waals surface area contributed by atoms with E-state index in [-0.39, 0.29) is 0 Å². The zero-order chi connectivity index (χ0) is 15.1. The molecular formula is C15H22N6O. The quantitative estimate of drug-likeness (QED) is 0.839. The van der Waals surface area contributed by atoms with Crippen molar-refractivity contribution in [2.45, 2.75) is 64.6 Å². The van der Waals surface area contributed by atoms with E-state index in [1.54, 1.807) is 0 Å². The topological polar surface area (TPSA) is 72.9 Å². The molecule has 4 rings (SSSR count). The van der Waals surface area contributed by atoms with Gasteiger partial charge in [0.05, 0.1) is 13.1 Å². The van der Waals surface area contributed by atoms with E-state index in [2.05, 4.69) is 25.2 Å². The summed E-state index contributed by atoms with van der Waals surface area (Å²) in [7, 11) is 0. The summed E-state index contributed by atoms with van der Waals surface area (Å²) in [5, 5.41) is 12.9. The van der Waals surface area contributed by atoms with E-state index >= 15 is 0 Å². The zero-order valence-electron chi connectivity index (χ0n) is 13.2. The number of nitrogens with zero attached hydrogens (tertiary/aromatic N) is 6. The van der Waals surface area contributed by atoms with Gasteiger partial charge >= 0.3 is 0 Å². The monoisotopic (exact) mass is 302 g/mol. The Balaban J connectivity index is 1.42. The number of likely N-dealkylation sites (tertiary alicyclic amines) is 1. The Morgan fingerprint density at radius 3 is 2.77 bits per heavy atom. The van der Waals surface area contributed by atoms with Gasteiger partial charge in [-0.2, -0.15) is 5.10 Å². The normalized spacial score (nSPS) is 22.5. The lowest BCUT2D eigenvalue weighted by molar-refractivity contribution is 0.197. The van der Waals surface area contributed by atoms with Crippen LogP contribution in [0.4, 0.5) is 0 Å². The summed E-state index contributed by atoms with van der Waals surface area (Å²) in [4.78, 5) is 6.82. The predicted octanol–water partition coefficient (Wildman–Crippen LogP) is 1.82. The summed E-state index contributed by atoms with van der Waals surface area (Å²) in [5.41, 5.74) is 0. The van der Waals surface area contributed by atoms with Crippen molar-refractivity contribution in [3.05, 3.63) is 23.4 Å². The van der Waals surface area contributed by atoms with Crippen LogP contribution in [0.1, 0.15) is 55.0 Å². The van der Waals surface area contributed by atoms with Crippen LogP contribution in [-0.2, 0) is 13.1 Å². The molecule has 7 nitrogen and oxygen atoms in total. The van der Waals surface area contributed by atoms with Crippen LogP contribution in [0.15, 0.2) is 4.42 Å². The molecule has 118 valence electrons. The lowest BCUT2D eigenvalue weighted by atomic mass is 10.2. The fraction of sp³-hybridized carbons (Fsp3) is 0.733. The maximum absolute atomic E-state index is 5.80. The Morgan fingerprint density at radius 2 is 2.05 bits per heavy atom. The van der Waals surface area contributed by atoms with Crippen molar-refractivity contribution < 1.29 is 4.42 Å². The maximum atomic E-state index is 5.80. The minimum Gasteiger partial charge on any atom is -0.424 e. The number of hydrogen-bond donors (Lipinski definition) is 0. The molecule has 0 bridgehead atoms. The Bertz CT molecular complexity index is 659. The molecule has 1 atom stereocenters. The second-order valence-corrected chi connectivity index (χ2v) is 6.46. The van der Waals surface area contributed by atoms with Crippen LogP contribution < -0.4 is 0 Å². The minimum atomic E-state index is 0.469. The number of aromatic nitrogens is 5.